The zero-order valence-corrected chi connectivity index (χ0v) is 12.9. The predicted octanol–water partition coefficient (Wildman–Crippen LogP) is 1.07. The van der Waals surface area contributed by atoms with Crippen molar-refractivity contribution < 1.29 is 13.2 Å². The smallest absolute Gasteiger partial charge is 0.240 e. The predicted molar refractivity (Wildman–Crippen MR) is 81.6 cm³/mol. The number of nitrogens with one attached hydrogen (secondary N) is 3. The van der Waals surface area contributed by atoms with Crippen molar-refractivity contribution in [1.29, 1.82) is 0 Å². The van der Waals surface area contributed by atoms with E-state index in [2.05, 4.69) is 15.4 Å². The second kappa shape index (κ2) is 7.02. The van der Waals surface area contributed by atoms with Crippen LogP contribution in [0, 0.1) is 0 Å². The van der Waals surface area contributed by atoms with Crippen LogP contribution < -0.4 is 15.4 Å². The highest BCUT2D eigenvalue weighted by atomic mass is 32.2. The lowest BCUT2D eigenvalue weighted by molar-refractivity contribution is -0.115. The van der Waals surface area contributed by atoms with Gasteiger partial charge in [0.1, 0.15) is 0 Å². The highest BCUT2D eigenvalue weighted by Gasteiger charge is 2.15. The van der Waals surface area contributed by atoms with Crippen LogP contribution in [-0.2, 0) is 14.8 Å². The van der Waals surface area contributed by atoms with Crippen LogP contribution in [0.2, 0.25) is 0 Å². The quantitative estimate of drug-likeness (QED) is 0.733. The van der Waals surface area contributed by atoms with Crippen molar-refractivity contribution in [2.24, 2.45) is 0 Å². The Balaban J connectivity index is 1.86. The molecule has 1 aromatic rings. The maximum Gasteiger partial charge on any atom is 0.240 e. The molecule has 7 heteroatoms. The van der Waals surface area contributed by atoms with Crippen molar-refractivity contribution in [3.8, 4) is 0 Å². The van der Waals surface area contributed by atoms with Gasteiger partial charge in [0.05, 0.1) is 11.4 Å². The van der Waals surface area contributed by atoms with Crippen molar-refractivity contribution in [3.05, 3.63) is 24.3 Å². The molecule has 1 amide bonds. The van der Waals surface area contributed by atoms with Crippen LogP contribution in [0.5, 0.6) is 0 Å². The van der Waals surface area contributed by atoms with E-state index in [9.17, 15) is 13.2 Å². The van der Waals surface area contributed by atoms with E-state index >= 15 is 0 Å². The average molecular weight is 311 g/mol. The lowest BCUT2D eigenvalue weighted by atomic mass is 10.2. The molecule has 21 heavy (non-hydrogen) atoms. The van der Waals surface area contributed by atoms with Gasteiger partial charge in [0.15, 0.2) is 0 Å². The SMILES string of the molecule is CNS(=O)(=O)c1ccc(NC(=O)CNC2CCCC2)cc1. The minimum absolute atomic E-state index is 0.119. The summed E-state index contributed by atoms with van der Waals surface area (Å²) in [6.07, 6.45) is 4.70. The molecule has 1 fully saturated rings. The van der Waals surface area contributed by atoms with Gasteiger partial charge in [0, 0.05) is 11.7 Å². The van der Waals surface area contributed by atoms with Gasteiger partial charge in [-0.25, -0.2) is 13.1 Å². The molecule has 116 valence electrons. The van der Waals surface area contributed by atoms with Crippen molar-refractivity contribution in [3.63, 3.8) is 0 Å². The number of anilines is 1. The summed E-state index contributed by atoms with van der Waals surface area (Å²) in [4.78, 5) is 12.0. The van der Waals surface area contributed by atoms with Crippen molar-refractivity contribution in [2.45, 2.75) is 36.6 Å². The Morgan fingerprint density at radius 1 is 1.19 bits per heavy atom. The summed E-state index contributed by atoms with van der Waals surface area (Å²) >= 11 is 0. The zero-order chi connectivity index (χ0) is 15.3. The molecular weight excluding hydrogens is 290 g/mol. The van der Waals surface area contributed by atoms with Crippen LogP contribution in [0.25, 0.3) is 0 Å². The second-order valence-corrected chi connectivity index (χ2v) is 7.03. The number of benzene rings is 1. The summed E-state index contributed by atoms with van der Waals surface area (Å²) in [5.74, 6) is -0.119. The standard InChI is InChI=1S/C14H21N3O3S/c1-15-21(19,20)13-8-6-12(7-9-13)17-14(18)10-16-11-4-2-3-5-11/h6-9,11,15-16H,2-5,10H2,1H3,(H,17,18). The van der Waals surface area contributed by atoms with E-state index in [1.54, 1.807) is 12.1 Å². The summed E-state index contributed by atoms with van der Waals surface area (Å²) < 4.78 is 25.4. The van der Waals surface area contributed by atoms with Crippen LogP contribution in [0.1, 0.15) is 25.7 Å². The van der Waals surface area contributed by atoms with Crippen molar-refractivity contribution in [2.75, 3.05) is 18.9 Å². The minimum atomic E-state index is -3.44. The number of sulfonamides is 1. The Morgan fingerprint density at radius 2 is 1.81 bits per heavy atom. The largest absolute Gasteiger partial charge is 0.325 e. The molecule has 0 aromatic heterocycles. The number of hydrogen-bond donors (Lipinski definition) is 3. The van der Waals surface area contributed by atoms with Gasteiger partial charge < -0.3 is 10.6 Å². The van der Waals surface area contributed by atoms with Crippen LogP contribution >= 0.6 is 0 Å². The number of hydrogen-bond acceptors (Lipinski definition) is 4. The van der Waals surface area contributed by atoms with Gasteiger partial charge in [0.25, 0.3) is 0 Å². The fraction of sp³-hybridized carbons (Fsp3) is 0.500. The Kier molecular flexibility index (Phi) is 5.33. The van der Waals surface area contributed by atoms with E-state index < -0.39 is 10.0 Å². The molecule has 2 rings (SSSR count). The molecule has 0 radical (unpaired) electrons. The summed E-state index contributed by atoms with van der Waals surface area (Å²) in [5.41, 5.74) is 0.586. The fourth-order valence-electron chi connectivity index (χ4n) is 2.41. The molecule has 1 aliphatic rings. The summed E-state index contributed by atoms with van der Waals surface area (Å²) in [6, 6.07) is 6.53. The van der Waals surface area contributed by atoms with Gasteiger partial charge in [0.2, 0.25) is 15.9 Å². The Bertz CT molecular complexity index is 578. The molecule has 1 aliphatic carbocycles. The molecule has 0 heterocycles. The highest BCUT2D eigenvalue weighted by Crippen LogP contribution is 2.17. The molecule has 0 aliphatic heterocycles. The maximum absolute atomic E-state index is 11.8. The number of carbonyl (C=O) groups excluding carboxylic acids is 1. The van der Waals surface area contributed by atoms with Crippen molar-refractivity contribution >= 4 is 21.6 Å². The molecular formula is C14H21N3O3S. The van der Waals surface area contributed by atoms with E-state index in [1.165, 1.54) is 32.0 Å². The van der Waals surface area contributed by atoms with Crippen LogP contribution in [0.15, 0.2) is 29.2 Å². The van der Waals surface area contributed by atoms with Crippen LogP contribution in [-0.4, -0.2) is 34.0 Å². The Morgan fingerprint density at radius 3 is 2.38 bits per heavy atom. The lowest BCUT2D eigenvalue weighted by Gasteiger charge is -2.12. The topological polar surface area (TPSA) is 87.3 Å². The van der Waals surface area contributed by atoms with E-state index in [0.717, 1.165) is 12.8 Å². The number of carbonyl (C=O) groups is 1. The third kappa shape index (κ3) is 4.52. The van der Waals surface area contributed by atoms with Gasteiger partial charge >= 0.3 is 0 Å². The number of rotatable bonds is 6. The summed E-state index contributed by atoms with van der Waals surface area (Å²) in [5, 5.41) is 5.97. The van der Waals surface area contributed by atoms with Crippen molar-refractivity contribution in [1.82, 2.24) is 10.0 Å². The summed E-state index contributed by atoms with van der Waals surface area (Å²) in [6.45, 7) is 0.279. The molecule has 0 atom stereocenters. The first kappa shape index (κ1) is 15.9. The van der Waals surface area contributed by atoms with Gasteiger partial charge in [-0.15, -0.1) is 0 Å². The third-order valence-corrected chi connectivity index (χ3v) is 5.05. The first-order valence-corrected chi connectivity index (χ1v) is 8.56. The lowest BCUT2D eigenvalue weighted by Crippen LogP contribution is -2.34. The third-order valence-electron chi connectivity index (χ3n) is 3.62. The molecule has 1 aromatic carbocycles. The molecule has 1 saturated carbocycles. The average Bonchev–Trinajstić information content (AvgIpc) is 2.99. The van der Waals surface area contributed by atoms with E-state index in [-0.39, 0.29) is 17.3 Å². The monoisotopic (exact) mass is 311 g/mol. The maximum atomic E-state index is 11.8. The van der Waals surface area contributed by atoms with Crippen LogP contribution in [0.3, 0.4) is 0 Å². The molecule has 3 N–H and O–H groups in total. The van der Waals surface area contributed by atoms with Crippen LogP contribution in [0.4, 0.5) is 5.69 Å². The Labute approximate surface area is 125 Å². The first-order chi connectivity index (χ1) is 10.0. The minimum Gasteiger partial charge on any atom is -0.325 e. The second-order valence-electron chi connectivity index (χ2n) is 5.14. The number of amides is 1. The highest BCUT2D eigenvalue weighted by molar-refractivity contribution is 7.89. The van der Waals surface area contributed by atoms with Gasteiger partial charge in [-0.1, -0.05) is 12.8 Å². The Hall–Kier alpha value is -1.44. The molecule has 6 nitrogen and oxygen atoms in total. The van der Waals surface area contributed by atoms with Gasteiger partial charge in [-0.2, -0.15) is 0 Å². The molecule has 0 unspecified atom stereocenters. The van der Waals surface area contributed by atoms with Gasteiger partial charge in [-0.3, -0.25) is 4.79 Å². The molecule has 0 bridgehead atoms. The van der Waals surface area contributed by atoms with E-state index in [4.69, 9.17) is 0 Å². The fourth-order valence-corrected chi connectivity index (χ4v) is 3.14. The van der Waals surface area contributed by atoms with E-state index in [0.29, 0.717) is 11.7 Å². The molecule has 0 saturated heterocycles. The van der Waals surface area contributed by atoms with Gasteiger partial charge in [-0.05, 0) is 44.2 Å². The molecule has 0 spiro atoms. The van der Waals surface area contributed by atoms with E-state index in [1.807, 2.05) is 0 Å². The zero-order valence-electron chi connectivity index (χ0n) is 12.1. The first-order valence-electron chi connectivity index (χ1n) is 7.08. The summed E-state index contributed by atoms with van der Waals surface area (Å²) in [7, 11) is -2.08. The normalized spacial score (nSPS) is 16.0.